The minimum absolute atomic E-state index is 0.360. The van der Waals surface area contributed by atoms with Gasteiger partial charge in [-0.15, -0.1) is 0 Å². The number of methoxy groups -OCH3 is 1. The van der Waals surface area contributed by atoms with Crippen LogP contribution in [0.3, 0.4) is 0 Å². The van der Waals surface area contributed by atoms with Crippen LogP contribution in [-0.4, -0.2) is 24.7 Å². The fourth-order valence-corrected chi connectivity index (χ4v) is 1.52. The molecule has 18 heavy (non-hydrogen) atoms. The van der Waals surface area contributed by atoms with Gasteiger partial charge in [0.05, 0.1) is 7.11 Å². The van der Waals surface area contributed by atoms with E-state index in [9.17, 15) is 9.90 Å². The van der Waals surface area contributed by atoms with Crippen molar-refractivity contribution >= 4 is 5.91 Å². The number of rotatable bonds is 6. The average molecular weight is 251 g/mol. The molecule has 0 heterocycles. The normalized spacial score (nSPS) is 12.3. The number of nitrogens with one attached hydrogen (secondary N) is 1. The number of ether oxygens (including phenoxy) is 1. The fourth-order valence-electron chi connectivity index (χ4n) is 1.52. The molecule has 4 heteroatoms. The van der Waals surface area contributed by atoms with E-state index in [2.05, 4.69) is 19.2 Å². The van der Waals surface area contributed by atoms with Gasteiger partial charge in [0.25, 0.3) is 5.91 Å². The van der Waals surface area contributed by atoms with Crippen molar-refractivity contribution in [2.24, 2.45) is 5.92 Å². The topological polar surface area (TPSA) is 58.6 Å². The minimum Gasteiger partial charge on any atom is -0.497 e. The molecule has 0 fully saturated rings. The number of carbonyl (C=O) groups is 1. The molecular formula is C14H21NO3. The van der Waals surface area contributed by atoms with Gasteiger partial charge in [0.15, 0.2) is 6.10 Å². The highest BCUT2D eigenvalue weighted by atomic mass is 16.5. The zero-order valence-corrected chi connectivity index (χ0v) is 11.1. The van der Waals surface area contributed by atoms with Crippen molar-refractivity contribution in [2.75, 3.05) is 13.7 Å². The second kappa shape index (κ2) is 7.01. The van der Waals surface area contributed by atoms with Crippen molar-refractivity contribution in [3.8, 4) is 5.75 Å². The Hall–Kier alpha value is -1.55. The van der Waals surface area contributed by atoms with E-state index in [1.807, 2.05) is 0 Å². The van der Waals surface area contributed by atoms with Gasteiger partial charge in [-0.3, -0.25) is 4.79 Å². The van der Waals surface area contributed by atoms with Gasteiger partial charge in [-0.05, 0) is 30.0 Å². The summed E-state index contributed by atoms with van der Waals surface area (Å²) >= 11 is 0. The van der Waals surface area contributed by atoms with Crippen molar-refractivity contribution in [3.63, 3.8) is 0 Å². The lowest BCUT2D eigenvalue weighted by molar-refractivity contribution is -0.129. The summed E-state index contributed by atoms with van der Waals surface area (Å²) < 4.78 is 5.02. The number of hydrogen-bond donors (Lipinski definition) is 2. The summed E-state index contributed by atoms with van der Waals surface area (Å²) in [7, 11) is 1.57. The van der Waals surface area contributed by atoms with Gasteiger partial charge in [-0.1, -0.05) is 26.0 Å². The van der Waals surface area contributed by atoms with Gasteiger partial charge >= 0.3 is 0 Å². The SMILES string of the molecule is COc1ccc(C(O)C(=O)NCCC(C)C)cc1. The number of hydrogen-bond acceptors (Lipinski definition) is 3. The Morgan fingerprint density at radius 2 is 1.94 bits per heavy atom. The maximum absolute atomic E-state index is 11.7. The highest BCUT2D eigenvalue weighted by Gasteiger charge is 2.16. The van der Waals surface area contributed by atoms with Gasteiger partial charge < -0.3 is 15.2 Å². The zero-order valence-electron chi connectivity index (χ0n) is 11.1. The monoisotopic (exact) mass is 251 g/mol. The van der Waals surface area contributed by atoms with Crippen LogP contribution >= 0.6 is 0 Å². The quantitative estimate of drug-likeness (QED) is 0.811. The first-order valence-electron chi connectivity index (χ1n) is 6.14. The molecule has 2 N–H and O–H groups in total. The van der Waals surface area contributed by atoms with E-state index in [1.165, 1.54) is 0 Å². The Kier molecular flexibility index (Phi) is 5.65. The lowest BCUT2D eigenvalue weighted by Crippen LogP contribution is -2.30. The molecule has 1 rings (SSSR count). The molecule has 0 aliphatic heterocycles. The van der Waals surface area contributed by atoms with E-state index >= 15 is 0 Å². The summed E-state index contributed by atoms with van der Waals surface area (Å²) in [5, 5.41) is 12.6. The predicted molar refractivity (Wildman–Crippen MR) is 70.4 cm³/mol. The van der Waals surface area contributed by atoms with Crippen LogP contribution in [0.2, 0.25) is 0 Å². The molecule has 0 spiro atoms. The van der Waals surface area contributed by atoms with Crippen LogP contribution in [0.25, 0.3) is 0 Å². The van der Waals surface area contributed by atoms with E-state index in [0.717, 1.165) is 6.42 Å². The van der Waals surface area contributed by atoms with E-state index in [1.54, 1.807) is 31.4 Å². The van der Waals surface area contributed by atoms with Crippen molar-refractivity contribution in [1.29, 1.82) is 0 Å². The molecule has 1 aromatic rings. The van der Waals surface area contributed by atoms with Crippen LogP contribution in [0.4, 0.5) is 0 Å². The number of amides is 1. The van der Waals surface area contributed by atoms with Gasteiger partial charge in [-0.2, -0.15) is 0 Å². The third-order valence-corrected chi connectivity index (χ3v) is 2.70. The summed E-state index contributed by atoms with van der Waals surface area (Å²) in [6.07, 6.45) is -0.218. The molecule has 1 atom stereocenters. The number of carbonyl (C=O) groups excluding carboxylic acids is 1. The third kappa shape index (κ3) is 4.37. The van der Waals surface area contributed by atoms with Gasteiger partial charge in [0.1, 0.15) is 5.75 Å². The minimum atomic E-state index is -1.12. The first-order chi connectivity index (χ1) is 8.54. The Bertz CT molecular complexity index is 373. The van der Waals surface area contributed by atoms with Gasteiger partial charge in [0.2, 0.25) is 0 Å². The van der Waals surface area contributed by atoms with Crippen LogP contribution in [0, 0.1) is 5.92 Å². The first-order valence-corrected chi connectivity index (χ1v) is 6.14. The fraction of sp³-hybridized carbons (Fsp3) is 0.500. The molecular weight excluding hydrogens is 230 g/mol. The Balaban J connectivity index is 2.51. The molecule has 0 radical (unpaired) electrons. The van der Waals surface area contributed by atoms with Crippen LogP contribution in [0.15, 0.2) is 24.3 Å². The van der Waals surface area contributed by atoms with E-state index in [-0.39, 0.29) is 5.91 Å². The van der Waals surface area contributed by atoms with Crippen molar-refractivity contribution in [1.82, 2.24) is 5.32 Å². The molecule has 100 valence electrons. The molecule has 4 nitrogen and oxygen atoms in total. The smallest absolute Gasteiger partial charge is 0.253 e. The zero-order chi connectivity index (χ0) is 13.5. The Morgan fingerprint density at radius 3 is 2.44 bits per heavy atom. The maximum Gasteiger partial charge on any atom is 0.253 e. The third-order valence-electron chi connectivity index (χ3n) is 2.70. The van der Waals surface area contributed by atoms with Crippen molar-refractivity contribution in [2.45, 2.75) is 26.4 Å². The molecule has 1 amide bonds. The maximum atomic E-state index is 11.7. The summed E-state index contributed by atoms with van der Waals surface area (Å²) in [5.41, 5.74) is 0.567. The second-order valence-corrected chi connectivity index (χ2v) is 4.65. The van der Waals surface area contributed by atoms with Gasteiger partial charge in [0, 0.05) is 6.54 Å². The summed E-state index contributed by atoms with van der Waals surface area (Å²) in [6, 6.07) is 6.82. The van der Waals surface area contributed by atoms with Crippen LogP contribution in [0.5, 0.6) is 5.75 Å². The van der Waals surface area contributed by atoms with E-state index in [4.69, 9.17) is 4.74 Å². The van der Waals surface area contributed by atoms with Crippen molar-refractivity contribution in [3.05, 3.63) is 29.8 Å². The molecule has 0 bridgehead atoms. The molecule has 1 aromatic carbocycles. The van der Waals surface area contributed by atoms with Crippen LogP contribution in [0.1, 0.15) is 31.9 Å². The highest BCUT2D eigenvalue weighted by Crippen LogP contribution is 2.17. The molecule has 0 saturated heterocycles. The van der Waals surface area contributed by atoms with Gasteiger partial charge in [-0.25, -0.2) is 0 Å². The predicted octanol–water partition coefficient (Wildman–Crippen LogP) is 1.89. The van der Waals surface area contributed by atoms with Crippen LogP contribution < -0.4 is 10.1 Å². The molecule has 0 saturated carbocycles. The van der Waals surface area contributed by atoms with E-state index in [0.29, 0.717) is 23.8 Å². The first kappa shape index (κ1) is 14.5. The lowest BCUT2D eigenvalue weighted by atomic mass is 10.1. The second-order valence-electron chi connectivity index (χ2n) is 4.65. The average Bonchev–Trinajstić information content (AvgIpc) is 2.37. The standard InChI is InChI=1S/C14H21NO3/c1-10(2)8-9-15-14(17)13(16)11-4-6-12(18-3)7-5-11/h4-7,10,13,16H,8-9H2,1-3H3,(H,15,17). The molecule has 0 aliphatic rings. The van der Waals surface area contributed by atoms with Crippen LogP contribution in [-0.2, 0) is 4.79 Å². The molecule has 0 aliphatic carbocycles. The summed E-state index contributed by atoms with van der Waals surface area (Å²) in [6.45, 7) is 4.77. The molecule has 0 aromatic heterocycles. The number of aliphatic hydroxyl groups is 1. The van der Waals surface area contributed by atoms with Crippen molar-refractivity contribution < 1.29 is 14.6 Å². The summed E-state index contributed by atoms with van der Waals surface area (Å²) in [5.74, 6) is 0.871. The Labute approximate surface area is 108 Å². The number of benzene rings is 1. The van der Waals surface area contributed by atoms with E-state index < -0.39 is 6.10 Å². The largest absolute Gasteiger partial charge is 0.497 e. The Morgan fingerprint density at radius 1 is 1.33 bits per heavy atom. The number of aliphatic hydroxyl groups excluding tert-OH is 1. The highest BCUT2D eigenvalue weighted by molar-refractivity contribution is 5.81. The molecule has 1 unspecified atom stereocenters. The lowest BCUT2D eigenvalue weighted by Gasteiger charge is -2.13. The summed E-state index contributed by atoms with van der Waals surface area (Å²) in [4.78, 5) is 11.7.